The molecule has 3 rings (SSSR count). The molecule has 2 aromatic carbocycles. The number of carbonyl (C=O) groups is 1. The van der Waals surface area contributed by atoms with Crippen molar-refractivity contribution in [3.8, 4) is 6.07 Å². The van der Waals surface area contributed by atoms with Gasteiger partial charge in [0.15, 0.2) is 0 Å². The highest BCUT2D eigenvalue weighted by Crippen LogP contribution is 2.50. The number of carbonyl (C=O) groups excluding carboxylic acids is 1. The number of amides is 1. The maximum atomic E-state index is 14.2. The summed E-state index contributed by atoms with van der Waals surface area (Å²) in [5.74, 6) is 0.773. The van der Waals surface area contributed by atoms with Gasteiger partial charge in [-0.05, 0) is 30.0 Å². The largest absolute Gasteiger partial charge is 0.303 e. The molecular formula is C25H30ClN3OS. The van der Waals surface area contributed by atoms with Gasteiger partial charge in [0.05, 0.1) is 16.7 Å². The van der Waals surface area contributed by atoms with Crippen LogP contribution in [0.5, 0.6) is 0 Å². The summed E-state index contributed by atoms with van der Waals surface area (Å²) in [6.45, 7) is 9.56. The molecule has 1 amide bonds. The molecule has 0 saturated heterocycles. The molecule has 164 valence electrons. The van der Waals surface area contributed by atoms with Crippen molar-refractivity contribution in [3.63, 3.8) is 0 Å². The van der Waals surface area contributed by atoms with Crippen LogP contribution in [0.25, 0.3) is 0 Å². The van der Waals surface area contributed by atoms with Gasteiger partial charge in [-0.1, -0.05) is 81.4 Å². The van der Waals surface area contributed by atoms with Crippen LogP contribution in [0.15, 0.2) is 71.3 Å². The Balaban J connectivity index is 0.00000341. The fraction of sp³-hybridized carbons (Fsp3) is 0.360. The summed E-state index contributed by atoms with van der Waals surface area (Å²) in [6, 6.07) is 21.9. The quantitative estimate of drug-likeness (QED) is 0.529. The molecule has 0 saturated carbocycles. The first-order valence-corrected chi connectivity index (χ1v) is 11.6. The molecule has 0 fully saturated rings. The molecule has 2 aromatic rings. The second kappa shape index (κ2) is 11.4. The SMILES string of the molecule is CCSC1=C(C#N)C(c2ccccc2)(c2ccccc2)C(=O)N1CCN(CC)CC.Cl. The zero-order chi connectivity index (χ0) is 21.6. The van der Waals surface area contributed by atoms with E-state index in [-0.39, 0.29) is 18.3 Å². The molecule has 0 N–H and O–H groups in total. The summed E-state index contributed by atoms with van der Waals surface area (Å²) < 4.78 is 0. The predicted molar refractivity (Wildman–Crippen MR) is 131 cm³/mol. The summed E-state index contributed by atoms with van der Waals surface area (Å²) >= 11 is 1.59. The Labute approximate surface area is 196 Å². The summed E-state index contributed by atoms with van der Waals surface area (Å²) in [4.78, 5) is 18.3. The van der Waals surface area contributed by atoms with Crippen molar-refractivity contribution in [1.82, 2.24) is 9.80 Å². The van der Waals surface area contributed by atoms with Crippen molar-refractivity contribution in [2.75, 3.05) is 31.9 Å². The number of benzene rings is 2. The predicted octanol–water partition coefficient (Wildman–Crippen LogP) is 5.07. The van der Waals surface area contributed by atoms with Crippen LogP contribution in [-0.2, 0) is 10.2 Å². The van der Waals surface area contributed by atoms with Crippen LogP contribution >= 0.6 is 24.2 Å². The number of nitrogens with zero attached hydrogens (tertiary/aromatic N) is 3. The number of halogens is 1. The minimum Gasteiger partial charge on any atom is -0.303 e. The summed E-state index contributed by atoms with van der Waals surface area (Å²) in [7, 11) is 0. The Morgan fingerprint density at radius 1 is 0.968 bits per heavy atom. The Hall–Kier alpha value is -2.26. The number of rotatable bonds is 9. The Bertz CT molecular complexity index is 897. The van der Waals surface area contributed by atoms with Crippen molar-refractivity contribution in [1.29, 1.82) is 5.26 Å². The average molecular weight is 456 g/mol. The number of thioether (sulfide) groups is 1. The second-order valence-electron chi connectivity index (χ2n) is 7.19. The lowest BCUT2D eigenvalue weighted by atomic mass is 9.70. The molecule has 0 bridgehead atoms. The standard InChI is InChI=1S/C25H29N3OS.ClH/c1-4-27(5-2)17-18-28-23(30-6-3)22(19-26)25(24(28)29,20-13-9-7-10-14-20)21-15-11-8-12-16-21;/h7-16H,4-6,17-18H2,1-3H3;1H. The van der Waals surface area contributed by atoms with E-state index in [1.54, 1.807) is 11.8 Å². The molecule has 0 spiro atoms. The highest BCUT2D eigenvalue weighted by Gasteiger charge is 2.55. The topological polar surface area (TPSA) is 47.3 Å². The van der Waals surface area contributed by atoms with Gasteiger partial charge in [-0.3, -0.25) is 4.79 Å². The van der Waals surface area contributed by atoms with Gasteiger partial charge < -0.3 is 9.80 Å². The fourth-order valence-corrected chi connectivity index (χ4v) is 5.12. The van der Waals surface area contributed by atoms with Crippen LogP contribution < -0.4 is 0 Å². The molecule has 0 unspecified atom stereocenters. The molecule has 31 heavy (non-hydrogen) atoms. The molecule has 0 radical (unpaired) electrons. The highest BCUT2D eigenvalue weighted by atomic mass is 35.5. The lowest BCUT2D eigenvalue weighted by Gasteiger charge is -2.31. The molecule has 0 aliphatic carbocycles. The first kappa shape index (κ1) is 25.0. The monoisotopic (exact) mass is 455 g/mol. The first-order valence-electron chi connectivity index (χ1n) is 10.6. The van der Waals surface area contributed by atoms with Crippen molar-refractivity contribution < 1.29 is 4.79 Å². The third-order valence-corrected chi connectivity index (χ3v) is 6.73. The maximum Gasteiger partial charge on any atom is 0.247 e. The van der Waals surface area contributed by atoms with Gasteiger partial charge in [-0.2, -0.15) is 5.26 Å². The summed E-state index contributed by atoms with van der Waals surface area (Å²) in [6.07, 6.45) is 0. The molecular weight excluding hydrogens is 426 g/mol. The van der Waals surface area contributed by atoms with Crippen molar-refractivity contribution in [2.24, 2.45) is 0 Å². The van der Waals surface area contributed by atoms with E-state index in [1.165, 1.54) is 0 Å². The molecule has 1 aliphatic rings. The zero-order valence-electron chi connectivity index (χ0n) is 18.4. The minimum atomic E-state index is -1.10. The van der Waals surface area contributed by atoms with Gasteiger partial charge in [0.2, 0.25) is 5.91 Å². The normalized spacial score (nSPS) is 15.2. The molecule has 0 atom stereocenters. The van der Waals surface area contributed by atoms with Crippen LogP contribution in [0, 0.1) is 11.3 Å². The number of likely N-dealkylation sites (N-methyl/N-ethyl adjacent to an activating group) is 1. The van der Waals surface area contributed by atoms with E-state index in [4.69, 9.17) is 0 Å². The summed E-state index contributed by atoms with van der Waals surface area (Å²) in [5, 5.41) is 11.1. The lowest BCUT2D eigenvalue weighted by Crippen LogP contribution is -2.44. The first-order chi connectivity index (χ1) is 14.6. The van der Waals surface area contributed by atoms with E-state index in [1.807, 2.05) is 65.6 Å². The maximum absolute atomic E-state index is 14.2. The zero-order valence-corrected chi connectivity index (χ0v) is 20.0. The van der Waals surface area contributed by atoms with Crippen molar-refractivity contribution in [3.05, 3.63) is 82.4 Å². The van der Waals surface area contributed by atoms with E-state index in [9.17, 15) is 10.1 Å². The lowest BCUT2D eigenvalue weighted by molar-refractivity contribution is -0.130. The Morgan fingerprint density at radius 2 is 1.48 bits per heavy atom. The van der Waals surface area contributed by atoms with Crippen LogP contribution in [0.1, 0.15) is 31.9 Å². The third-order valence-electron chi connectivity index (χ3n) is 5.74. The molecule has 4 nitrogen and oxygen atoms in total. The van der Waals surface area contributed by atoms with Crippen molar-refractivity contribution >= 4 is 30.1 Å². The van der Waals surface area contributed by atoms with Crippen LogP contribution in [0.4, 0.5) is 0 Å². The van der Waals surface area contributed by atoms with Gasteiger partial charge in [0.25, 0.3) is 0 Å². The Morgan fingerprint density at radius 3 is 1.90 bits per heavy atom. The van der Waals surface area contributed by atoms with Gasteiger partial charge in [0, 0.05) is 13.1 Å². The number of hydrogen-bond donors (Lipinski definition) is 0. The van der Waals surface area contributed by atoms with E-state index < -0.39 is 5.41 Å². The van der Waals surface area contributed by atoms with E-state index in [0.717, 1.165) is 41.5 Å². The second-order valence-corrected chi connectivity index (χ2v) is 8.44. The average Bonchev–Trinajstić information content (AvgIpc) is 3.04. The van der Waals surface area contributed by atoms with Crippen LogP contribution in [-0.4, -0.2) is 47.6 Å². The van der Waals surface area contributed by atoms with E-state index in [0.29, 0.717) is 12.1 Å². The van der Waals surface area contributed by atoms with E-state index >= 15 is 0 Å². The fourth-order valence-electron chi connectivity index (χ4n) is 4.18. The van der Waals surface area contributed by atoms with Gasteiger partial charge in [-0.15, -0.1) is 24.2 Å². The van der Waals surface area contributed by atoms with E-state index in [2.05, 4.69) is 31.7 Å². The molecule has 6 heteroatoms. The van der Waals surface area contributed by atoms with Crippen LogP contribution in [0.2, 0.25) is 0 Å². The van der Waals surface area contributed by atoms with Gasteiger partial charge >= 0.3 is 0 Å². The minimum absolute atomic E-state index is 0. The van der Waals surface area contributed by atoms with Crippen molar-refractivity contribution in [2.45, 2.75) is 26.2 Å². The molecule has 0 aromatic heterocycles. The van der Waals surface area contributed by atoms with Gasteiger partial charge in [0.1, 0.15) is 5.41 Å². The Kier molecular flexibility index (Phi) is 9.18. The third kappa shape index (κ3) is 4.52. The van der Waals surface area contributed by atoms with Crippen LogP contribution in [0.3, 0.4) is 0 Å². The molecule has 1 aliphatic heterocycles. The van der Waals surface area contributed by atoms with Gasteiger partial charge in [-0.25, -0.2) is 0 Å². The number of hydrogen-bond acceptors (Lipinski definition) is 4. The number of nitriles is 1. The smallest absolute Gasteiger partial charge is 0.247 e. The highest BCUT2D eigenvalue weighted by molar-refractivity contribution is 8.03. The molecule has 1 heterocycles. The summed E-state index contributed by atoms with van der Waals surface area (Å²) in [5.41, 5.74) is 1.13.